The van der Waals surface area contributed by atoms with Gasteiger partial charge < -0.3 is 10.1 Å². The molecule has 0 spiro atoms. The number of carbonyl (C=O) groups is 2. The van der Waals surface area contributed by atoms with Gasteiger partial charge in [0.25, 0.3) is 5.91 Å². The summed E-state index contributed by atoms with van der Waals surface area (Å²) in [6.45, 7) is 5.98. The molecule has 2 amide bonds. The molecule has 0 aliphatic carbocycles. The highest BCUT2D eigenvalue weighted by atomic mass is 32.1. The van der Waals surface area contributed by atoms with Crippen molar-refractivity contribution in [2.75, 3.05) is 12.4 Å². The number of anilines is 1. The number of hydrogen-bond acceptors (Lipinski definition) is 5. The standard InChI is InChI=1S/C23H21N3O3S.C2H6/c1-14-11-21(27)25-26-22(14)16-3-7-18(8-4-16)24-23(28)20-12-17(13-30-20)15-5-9-19(29-2)10-6-15;1-2/h3-10,12-14H,11H2,1-2H3,(H,24,28)(H,25,27);1-2H3. The lowest BCUT2D eigenvalue weighted by Crippen LogP contribution is -2.31. The predicted molar refractivity (Wildman–Crippen MR) is 131 cm³/mol. The first-order valence-corrected chi connectivity index (χ1v) is 11.4. The molecule has 3 aromatic rings. The minimum Gasteiger partial charge on any atom is -0.497 e. The number of benzene rings is 2. The zero-order valence-corrected chi connectivity index (χ0v) is 19.5. The van der Waals surface area contributed by atoms with Crippen LogP contribution in [0.3, 0.4) is 0 Å². The third-order valence-corrected chi connectivity index (χ3v) is 5.87. The number of nitrogens with zero attached hydrogens (tertiary/aromatic N) is 1. The third kappa shape index (κ3) is 5.42. The molecule has 0 bridgehead atoms. The van der Waals surface area contributed by atoms with Crippen LogP contribution in [0.4, 0.5) is 5.69 Å². The van der Waals surface area contributed by atoms with Gasteiger partial charge in [0.05, 0.1) is 17.7 Å². The average molecular weight is 450 g/mol. The molecule has 1 aromatic heterocycles. The van der Waals surface area contributed by atoms with Crippen LogP contribution in [0.1, 0.15) is 42.4 Å². The zero-order valence-electron chi connectivity index (χ0n) is 18.6. The summed E-state index contributed by atoms with van der Waals surface area (Å²) >= 11 is 1.41. The minimum atomic E-state index is -0.150. The van der Waals surface area contributed by atoms with Crippen molar-refractivity contribution in [3.8, 4) is 16.9 Å². The Kier molecular flexibility index (Phi) is 7.78. The maximum Gasteiger partial charge on any atom is 0.265 e. The molecular formula is C25H27N3O3S. The molecule has 7 heteroatoms. The van der Waals surface area contributed by atoms with Gasteiger partial charge in [-0.25, -0.2) is 5.43 Å². The first-order chi connectivity index (χ1) is 15.5. The number of hydrogen-bond donors (Lipinski definition) is 2. The second-order valence-electron chi connectivity index (χ2n) is 7.10. The molecule has 0 saturated heterocycles. The minimum absolute atomic E-state index is 0.0571. The van der Waals surface area contributed by atoms with E-state index in [1.807, 2.05) is 80.7 Å². The molecule has 0 saturated carbocycles. The quantitative estimate of drug-likeness (QED) is 0.535. The highest BCUT2D eigenvalue weighted by Crippen LogP contribution is 2.28. The molecule has 32 heavy (non-hydrogen) atoms. The summed E-state index contributed by atoms with van der Waals surface area (Å²) < 4.78 is 5.19. The number of methoxy groups -OCH3 is 1. The first kappa shape index (κ1) is 23.2. The maximum absolute atomic E-state index is 12.6. The summed E-state index contributed by atoms with van der Waals surface area (Å²) in [5, 5.41) is 9.07. The molecule has 0 radical (unpaired) electrons. The van der Waals surface area contributed by atoms with Gasteiger partial charge in [-0.15, -0.1) is 11.3 Å². The summed E-state index contributed by atoms with van der Waals surface area (Å²) in [5.74, 6) is 0.635. The average Bonchev–Trinajstić information content (AvgIpc) is 3.32. The number of amides is 2. The smallest absolute Gasteiger partial charge is 0.265 e. The molecule has 1 atom stereocenters. The van der Waals surface area contributed by atoms with Crippen molar-refractivity contribution in [2.45, 2.75) is 27.2 Å². The number of thiophene rings is 1. The van der Waals surface area contributed by atoms with Gasteiger partial charge in [0, 0.05) is 18.0 Å². The molecule has 1 unspecified atom stereocenters. The van der Waals surface area contributed by atoms with Crippen LogP contribution in [0.15, 0.2) is 65.1 Å². The van der Waals surface area contributed by atoms with Gasteiger partial charge in [-0.1, -0.05) is 45.0 Å². The van der Waals surface area contributed by atoms with Crippen molar-refractivity contribution >= 4 is 34.6 Å². The molecule has 0 fully saturated rings. The summed E-state index contributed by atoms with van der Waals surface area (Å²) in [7, 11) is 1.63. The van der Waals surface area contributed by atoms with Gasteiger partial charge in [0.2, 0.25) is 5.91 Å². The van der Waals surface area contributed by atoms with E-state index in [-0.39, 0.29) is 17.7 Å². The van der Waals surface area contributed by atoms with Gasteiger partial charge in [-0.05, 0) is 52.4 Å². The van der Waals surface area contributed by atoms with Gasteiger partial charge in [0.15, 0.2) is 0 Å². The second-order valence-corrected chi connectivity index (χ2v) is 8.01. The van der Waals surface area contributed by atoms with Crippen molar-refractivity contribution < 1.29 is 14.3 Å². The highest BCUT2D eigenvalue weighted by Gasteiger charge is 2.21. The van der Waals surface area contributed by atoms with Gasteiger partial charge in [-0.3, -0.25) is 9.59 Å². The molecule has 6 nitrogen and oxygen atoms in total. The first-order valence-electron chi connectivity index (χ1n) is 10.5. The van der Waals surface area contributed by atoms with E-state index in [4.69, 9.17) is 4.74 Å². The normalized spacial score (nSPS) is 15.1. The Bertz CT molecular complexity index is 1100. The van der Waals surface area contributed by atoms with Crippen LogP contribution in [0, 0.1) is 5.92 Å². The Labute approximate surface area is 192 Å². The van der Waals surface area contributed by atoms with Crippen LogP contribution < -0.4 is 15.5 Å². The fourth-order valence-corrected chi connectivity index (χ4v) is 4.12. The number of ether oxygens (including phenoxy) is 1. The lowest BCUT2D eigenvalue weighted by Gasteiger charge is -2.19. The van der Waals surface area contributed by atoms with Crippen molar-refractivity contribution in [3.05, 3.63) is 70.4 Å². The Morgan fingerprint density at radius 2 is 1.72 bits per heavy atom. The number of hydrazone groups is 1. The third-order valence-electron chi connectivity index (χ3n) is 4.94. The van der Waals surface area contributed by atoms with Crippen LogP contribution in [-0.4, -0.2) is 24.6 Å². The van der Waals surface area contributed by atoms with Crippen molar-refractivity contribution in [3.63, 3.8) is 0 Å². The molecule has 1 aliphatic rings. The van der Waals surface area contributed by atoms with Crippen LogP contribution >= 0.6 is 11.3 Å². The Balaban J connectivity index is 0.00000141. The molecule has 1 aliphatic heterocycles. The van der Waals surface area contributed by atoms with Gasteiger partial charge in [-0.2, -0.15) is 5.10 Å². The molecule has 2 heterocycles. The number of nitrogens with one attached hydrogen (secondary N) is 2. The van der Waals surface area contributed by atoms with Gasteiger partial charge >= 0.3 is 0 Å². The molecule has 2 N–H and O–H groups in total. The number of rotatable bonds is 5. The topological polar surface area (TPSA) is 79.8 Å². The van der Waals surface area contributed by atoms with Crippen molar-refractivity contribution in [1.82, 2.24) is 5.43 Å². The number of carbonyl (C=O) groups excluding carboxylic acids is 2. The van der Waals surface area contributed by atoms with E-state index >= 15 is 0 Å². The van der Waals surface area contributed by atoms with E-state index in [0.717, 1.165) is 28.2 Å². The molecular weight excluding hydrogens is 422 g/mol. The van der Waals surface area contributed by atoms with E-state index in [1.54, 1.807) is 7.11 Å². The fraction of sp³-hybridized carbons (Fsp3) is 0.240. The lowest BCUT2D eigenvalue weighted by molar-refractivity contribution is -0.121. The Morgan fingerprint density at radius 1 is 1.06 bits per heavy atom. The molecule has 166 valence electrons. The Morgan fingerprint density at radius 3 is 2.34 bits per heavy atom. The summed E-state index contributed by atoms with van der Waals surface area (Å²) in [4.78, 5) is 24.7. The Hall–Kier alpha value is -3.45. The summed E-state index contributed by atoms with van der Waals surface area (Å²) in [5.41, 5.74) is 7.03. The van der Waals surface area contributed by atoms with Gasteiger partial charge in [0.1, 0.15) is 5.75 Å². The van der Waals surface area contributed by atoms with Crippen molar-refractivity contribution in [1.29, 1.82) is 0 Å². The SMILES string of the molecule is CC.COc1ccc(-c2csc(C(=O)Nc3ccc(C4=NNC(=O)CC4C)cc3)c2)cc1. The molecule has 4 rings (SSSR count). The van der Waals surface area contributed by atoms with Crippen molar-refractivity contribution in [2.24, 2.45) is 11.0 Å². The van der Waals surface area contributed by atoms with Crippen LogP contribution in [0.5, 0.6) is 5.75 Å². The zero-order chi connectivity index (χ0) is 23.1. The van der Waals surface area contributed by atoms with E-state index in [9.17, 15) is 9.59 Å². The fourth-order valence-electron chi connectivity index (χ4n) is 3.31. The second kappa shape index (κ2) is 10.7. The van der Waals surface area contributed by atoms with Crippen LogP contribution in [0.2, 0.25) is 0 Å². The maximum atomic E-state index is 12.6. The van der Waals surface area contributed by atoms with E-state index in [1.165, 1.54) is 11.3 Å². The van der Waals surface area contributed by atoms with E-state index in [2.05, 4.69) is 15.8 Å². The van der Waals surface area contributed by atoms with Crippen LogP contribution in [-0.2, 0) is 4.79 Å². The largest absolute Gasteiger partial charge is 0.497 e. The lowest BCUT2D eigenvalue weighted by atomic mass is 9.94. The van der Waals surface area contributed by atoms with E-state index < -0.39 is 0 Å². The van der Waals surface area contributed by atoms with Crippen LogP contribution in [0.25, 0.3) is 11.1 Å². The summed E-state index contributed by atoms with van der Waals surface area (Å²) in [6.07, 6.45) is 0.423. The van der Waals surface area contributed by atoms with E-state index in [0.29, 0.717) is 17.0 Å². The predicted octanol–water partition coefficient (Wildman–Crippen LogP) is 5.56. The monoisotopic (exact) mass is 449 g/mol. The highest BCUT2D eigenvalue weighted by molar-refractivity contribution is 7.12. The molecule has 2 aromatic carbocycles. The summed E-state index contributed by atoms with van der Waals surface area (Å²) in [6, 6.07) is 17.1.